The van der Waals surface area contributed by atoms with Crippen LogP contribution in [0.3, 0.4) is 0 Å². The molecule has 2 amide bonds. The van der Waals surface area contributed by atoms with Crippen LogP contribution >= 0.6 is 0 Å². The molecule has 1 aliphatic rings. The molecule has 6 heteroatoms. The Labute approximate surface area is 220 Å². The van der Waals surface area contributed by atoms with E-state index in [1.54, 1.807) is 18.2 Å². The second kappa shape index (κ2) is 13.6. The number of anilines is 2. The maximum Gasteiger partial charge on any atom is 0.255 e. The first-order valence-corrected chi connectivity index (χ1v) is 13.3. The summed E-state index contributed by atoms with van der Waals surface area (Å²) in [5, 5.41) is 5.98. The van der Waals surface area contributed by atoms with Gasteiger partial charge >= 0.3 is 0 Å². The van der Waals surface area contributed by atoms with Gasteiger partial charge in [-0.1, -0.05) is 48.5 Å². The summed E-state index contributed by atoms with van der Waals surface area (Å²) in [5.74, 6) is 0.311. The number of benzene rings is 3. The van der Waals surface area contributed by atoms with Gasteiger partial charge in [0, 0.05) is 49.8 Å². The molecule has 0 aliphatic carbocycles. The van der Waals surface area contributed by atoms with Gasteiger partial charge in [0.15, 0.2) is 0 Å². The Bertz CT molecular complexity index is 1140. The second-order valence-electron chi connectivity index (χ2n) is 9.48. The van der Waals surface area contributed by atoms with Crippen LogP contribution in [0.25, 0.3) is 0 Å². The fourth-order valence-electron chi connectivity index (χ4n) is 4.81. The fourth-order valence-corrected chi connectivity index (χ4v) is 4.81. The molecule has 3 aromatic rings. The highest BCUT2D eigenvalue weighted by atomic mass is 16.5. The molecule has 194 valence electrons. The Kier molecular flexibility index (Phi) is 9.72. The van der Waals surface area contributed by atoms with Crippen molar-refractivity contribution in [3.05, 3.63) is 95.6 Å². The number of ether oxygens (including phenoxy) is 1. The highest BCUT2D eigenvalue weighted by molar-refractivity contribution is 6.06. The Balaban J connectivity index is 1.46. The average Bonchev–Trinajstić information content (AvgIpc) is 2.94. The predicted octanol–water partition coefficient (Wildman–Crippen LogP) is 5.55. The van der Waals surface area contributed by atoms with Gasteiger partial charge in [0.25, 0.3) is 11.8 Å². The lowest BCUT2D eigenvalue weighted by molar-refractivity contribution is 0.0943. The summed E-state index contributed by atoms with van der Waals surface area (Å²) < 4.78 is 5.39. The molecular formula is C31H37N3O3. The molecule has 1 heterocycles. The third-order valence-corrected chi connectivity index (χ3v) is 6.81. The minimum atomic E-state index is -0.196. The number of nitrogens with one attached hydrogen (secondary N) is 2. The summed E-state index contributed by atoms with van der Waals surface area (Å²) in [7, 11) is 0. The zero-order chi connectivity index (χ0) is 25.9. The summed E-state index contributed by atoms with van der Waals surface area (Å²) in [6, 6.07) is 25.4. The number of amides is 2. The van der Waals surface area contributed by atoms with E-state index in [0.29, 0.717) is 42.5 Å². The van der Waals surface area contributed by atoms with Gasteiger partial charge in [-0.3, -0.25) is 9.59 Å². The van der Waals surface area contributed by atoms with Crippen molar-refractivity contribution < 1.29 is 14.3 Å². The molecule has 6 nitrogen and oxygen atoms in total. The van der Waals surface area contributed by atoms with Crippen molar-refractivity contribution >= 4 is 23.2 Å². The van der Waals surface area contributed by atoms with Crippen molar-refractivity contribution in [1.29, 1.82) is 0 Å². The zero-order valence-corrected chi connectivity index (χ0v) is 21.6. The molecule has 0 unspecified atom stereocenters. The van der Waals surface area contributed by atoms with E-state index in [4.69, 9.17) is 4.74 Å². The van der Waals surface area contributed by atoms with Gasteiger partial charge in [0.1, 0.15) is 0 Å². The summed E-state index contributed by atoms with van der Waals surface area (Å²) in [5.41, 5.74) is 4.07. The third-order valence-electron chi connectivity index (χ3n) is 6.81. The van der Waals surface area contributed by atoms with Crippen LogP contribution in [0.4, 0.5) is 11.4 Å². The lowest BCUT2D eigenvalue weighted by atomic mass is 9.89. The van der Waals surface area contributed by atoms with Crippen LogP contribution in [-0.2, 0) is 11.2 Å². The summed E-state index contributed by atoms with van der Waals surface area (Å²) >= 11 is 0. The van der Waals surface area contributed by atoms with Gasteiger partial charge in [0.05, 0.1) is 5.56 Å². The van der Waals surface area contributed by atoms with Gasteiger partial charge in [-0.25, -0.2) is 0 Å². The van der Waals surface area contributed by atoms with E-state index in [1.807, 2.05) is 37.3 Å². The lowest BCUT2D eigenvalue weighted by Crippen LogP contribution is -2.36. The van der Waals surface area contributed by atoms with E-state index in [-0.39, 0.29) is 11.8 Å². The van der Waals surface area contributed by atoms with Crippen LogP contribution in [0.2, 0.25) is 0 Å². The van der Waals surface area contributed by atoms with Crippen LogP contribution in [0.15, 0.2) is 78.9 Å². The first-order chi connectivity index (χ1) is 18.1. The molecule has 0 bridgehead atoms. The highest BCUT2D eigenvalue weighted by Gasteiger charge is 2.24. The van der Waals surface area contributed by atoms with Crippen molar-refractivity contribution in [2.24, 2.45) is 5.92 Å². The SMILES string of the molecule is CCOCCCNC(=O)c1cc(NC(=O)c2ccccc2)ccc1N1CCC(Cc2ccccc2)CC1. The Morgan fingerprint density at radius 2 is 1.62 bits per heavy atom. The smallest absolute Gasteiger partial charge is 0.255 e. The standard InChI is InChI=1S/C31H37N3O3/c1-2-37-21-9-18-32-31(36)28-23-27(33-30(35)26-12-7-4-8-13-26)14-15-29(28)34-19-16-25(17-20-34)22-24-10-5-3-6-11-24/h3-8,10-15,23,25H,2,9,16-22H2,1H3,(H,32,36)(H,33,35). The minimum absolute atomic E-state index is 0.131. The normalized spacial score (nSPS) is 13.8. The van der Waals surface area contributed by atoms with Crippen LogP contribution in [0.5, 0.6) is 0 Å². The van der Waals surface area contributed by atoms with Crippen molar-refractivity contribution in [3.63, 3.8) is 0 Å². The molecule has 3 aromatic carbocycles. The number of rotatable bonds is 11. The predicted molar refractivity (Wildman–Crippen MR) is 149 cm³/mol. The third kappa shape index (κ3) is 7.67. The second-order valence-corrected chi connectivity index (χ2v) is 9.48. The van der Waals surface area contributed by atoms with E-state index >= 15 is 0 Å². The first kappa shape index (κ1) is 26.4. The molecule has 0 aromatic heterocycles. The quantitative estimate of drug-likeness (QED) is 0.339. The van der Waals surface area contributed by atoms with E-state index in [9.17, 15) is 9.59 Å². The van der Waals surface area contributed by atoms with Crippen LogP contribution in [0.1, 0.15) is 52.5 Å². The van der Waals surface area contributed by atoms with Crippen molar-refractivity contribution in [2.75, 3.05) is 43.1 Å². The van der Waals surface area contributed by atoms with Gasteiger partial charge in [-0.05, 0) is 74.4 Å². The Hall–Kier alpha value is -3.64. The molecule has 1 fully saturated rings. The lowest BCUT2D eigenvalue weighted by Gasteiger charge is -2.35. The van der Waals surface area contributed by atoms with Crippen molar-refractivity contribution in [2.45, 2.75) is 32.6 Å². The molecule has 1 saturated heterocycles. The van der Waals surface area contributed by atoms with E-state index in [1.165, 1.54) is 5.56 Å². The van der Waals surface area contributed by atoms with Gasteiger partial charge in [-0.2, -0.15) is 0 Å². The number of hydrogen-bond acceptors (Lipinski definition) is 4. The molecule has 0 radical (unpaired) electrons. The molecule has 37 heavy (non-hydrogen) atoms. The van der Waals surface area contributed by atoms with Gasteiger partial charge < -0.3 is 20.3 Å². The number of carbonyl (C=O) groups excluding carboxylic acids is 2. The average molecular weight is 500 g/mol. The van der Waals surface area contributed by atoms with Crippen molar-refractivity contribution in [3.8, 4) is 0 Å². The van der Waals surface area contributed by atoms with Crippen LogP contribution in [0, 0.1) is 5.92 Å². The minimum Gasteiger partial charge on any atom is -0.382 e. The van der Waals surface area contributed by atoms with E-state index < -0.39 is 0 Å². The molecule has 4 rings (SSSR count). The topological polar surface area (TPSA) is 70.7 Å². The number of nitrogens with zero attached hydrogens (tertiary/aromatic N) is 1. The molecule has 0 spiro atoms. The summed E-state index contributed by atoms with van der Waals surface area (Å²) in [4.78, 5) is 28.3. The maximum absolute atomic E-state index is 13.3. The van der Waals surface area contributed by atoms with Crippen molar-refractivity contribution in [1.82, 2.24) is 5.32 Å². The number of carbonyl (C=O) groups is 2. The van der Waals surface area contributed by atoms with E-state index in [0.717, 1.165) is 44.5 Å². The van der Waals surface area contributed by atoms with Gasteiger partial charge in [0.2, 0.25) is 0 Å². The van der Waals surface area contributed by atoms with Crippen LogP contribution in [-0.4, -0.2) is 44.7 Å². The zero-order valence-electron chi connectivity index (χ0n) is 21.6. The molecule has 0 saturated carbocycles. The van der Waals surface area contributed by atoms with Gasteiger partial charge in [-0.15, -0.1) is 0 Å². The molecule has 0 atom stereocenters. The molecule has 1 aliphatic heterocycles. The highest BCUT2D eigenvalue weighted by Crippen LogP contribution is 2.30. The summed E-state index contributed by atoms with van der Waals surface area (Å²) in [6.07, 6.45) is 4.00. The van der Waals surface area contributed by atoms with Crippen LogP contribution < -0.4 is 15.5 Å². The van der Waals surface area contributed by atoms with E-state index in [2.05, 4.69) is 45.9 Å². The Morgan fingerprint density at radius 1 is 0.919 bits per heavy atom. The molecular weight excluding hydrogens is 462 g/mol. The monoisotopic (exact) mass is 499 g/mol. The largest absolute Gasteiger partial charge is 0.382 e. The maximum atomic E-state index is 13.3. The number of piperidine rings is 1. The molecule has 2 N–H and O–H groups in total. The number of hydrogen-bond donors (Lipinski definition) is 2. The summed E-state index contributed by atoms with van der Waals surface area (Å²) in [6.45, 7) is 5.59. The Morgan fingerprint density at radius 3 is 2.32 bits per heavy atom. The fraction of sp³-hybridized carbons (Fsp3) is 0.355. The first-order valence-electron chi connectivity index (χ1n) is 13.3.